The number of benzene rings is 1. The number of carbonyl (C=O) groups excluding carboxylic acids is 1. The maximum Gasteiger partial charge on any atom is 0.294 e. The number of rotatable bonds is 5. The van der Waals surface area contributed by atoms with Gasteiger partial charge in [0.1, 0.15) is 5.69 Å². The van der Waals surface area contributed by atoms with Crippen LogP contribution in [0.2, 0.25) is 5.02 Å². The number of hydrazine groups is 1. The summed E-state index contributed by atoms with van der Waals surface area (Å²) >= 11 is 5.98. The fraction of sp³-hybridized carbons (Fsp3) is 0.364. The molecule has 0 atom stereocenters. The van der Waals surface area contributed by atoms with Crippen LogP contribution in [0.1, 0.15) is 17.3 Å². The Morgan fingerprint density at radius 2 is 2.11 bits per heavy atom. The Kier molecular flexibility index (Phi) is 5.08. The summed E-state index contributed by atoms with van der Waals surface area (Å²) in [5.41, 5.74) is 2.62. The molecule has 0 radical (unpaired) electrons. The highest BCUT2D eigenvalue weighted by molar-refractivity contribution is 6.34. The lowest BCUT2D eigenvalue weighted by Gasteiger charge is -2.13. The van der Waals surface area contributed by atoms with E-state index in [9.17, 15) is 14.9 Å². The molecule has 104 valence electrons. The van der Waals surface area contributed by atoms with Gasteiger partial charge in [-0.25, -0.2) is 5.01 Å². The third-order valence-corrected chi connectivity index (χ3v) is 2.51. The molecule has 0 spiro atoms. The number of hydrogen-bond donors (Lipinski definition) is 2. The molecular weight excluding hydrogens is 272 g/mol. The summed E-state index contributed by atoms with van der Waals surface area (Å²) in [6, 6.07) is 2.59. The lowest BCUT2D eigenvalue weighted by Crippen LogP contribution is -2.36. The van der Waals surface area contributed by atoms with E-state index in [-0.39, 0.29) is 22.0 Å². The highest BCUT2D eigenvalue weighted by Crippen LogP contribution is 2.33. The van der Waals surface area contributed by atoms with Gasteiger partial charge in [0, 0.05) is 32.3 Å². The lowest BCUT2D eigenvalue weighted by molar-refractivity contribution is -0.384. The Labute approximate surface area is 115 Å². The first-order chi connectivity index (χ1) is 8.86. The van der Waals surface area contributed by atoms with Crippen LogP contribution in [0.3, 0.4) is 0 Å². The second-order valence-electron chi connectivity index (χ2n) is 3.97. The van der Waals surface area contributed by atoms with Crippen LogP contribution in [0.4, 0.5) is 11.4 Å². The van der Waals surface area contributed by atoms with Gasteiger partial charge >= 0.3 is 0 Å². The van der Waals surface area contributed by atoms with Gasteiger partial charge in [-0.1, -0.05) is 11.6 Å². The van der Waals surface area contributed by atoms with Crippen molar-refractivity contribution in [1.82, 2.24) is 10.4 Å². The average molecular weight is 287 g/mol. The summed E-state index contributed by atoms with van der Waals surface area (Å²) in [5, 5.41) is 15.4. The first-order valence-corrected chi connectivity index (χ1v) is 5.94. The quantitative estimate of drug-likeness (QED) is 0.637. The second kappa shape index (κ2) is 6.35. The number of nitrogens with zero attached hydrogens (tertiary/aromatic N) is 2. The van der Waals surface area contributed by atoms with E-state index >= 15 is 0 Å². The highest BCUT2D eigenvalue weighted by Gasteiger charge is 2.21. The standard InChI is InChI=1S/C11H15ClN4O3/c1-4-13-10-8(12)5-7(6-9(10)16(18)19)11(17)14-15(2)3/h5-6,13H,4H2,1-3H3,(H,14,17). The van der Waals surface area contributed by atoms with Crippen LogP contribution < -0.4 is 10.7 Å². The molecule has 7 nitrogen and oxygen atoms in total. The normalized spacial score (nSPS) is 10.4. The summed E-state index contributed by atoms with van der Waals surface area (Å²) in [7, 11) is 3.28. The van der Waals surface area contributed by atoms with Gasteiger partial charge in [0.2, 0.25) is 0 Å². The SMILES string of the molecule is CCNc1c(Cl)cc(C(=O)NN(C)C)cc1[N+](=O)[O-]. The molecule has 0 aliphatic heterocycles. The molecule has 1 aromatic carbocycles. The van der Waals surface area contributed by atoms with E-state index in [1.54, 1.807) is 21.0 Å². The predicted octanol–water partition coefficient (Wildman–Crippen LogP) is 1.89. The Morgan fingerprint density at radius 1 is 1.47 bits per heavy atom. The highest BCUT2D eigenvalue weighted by atomic mass is 35.5. The minimum Gasteiger partial charge on any atom is -0.379 e. The van der Waals surface area contributed by atoms with Gasteiger partial charge in [-0.2, -0.15) is 0 Å². The molecule has 1 aromatic rings. The topological polar surface area (TPSA) is 87.5 Å². The van der Waals surface area contributed by atoms with Crippen molar-refractivity contribution in [1.29, 1.82) is 0 Å². The first-order valence-electron chi connectivity index (χ1n) is 5.57. The molecule has 0 heterocycles. The van der Waals surface area contributed by atoms with Crippen molar-refractivity contribution in [2.24, 2.45) is 0 Å². The van der Waals surface area contributed by atoms with E-state index in [4.69, 9.17) is 11.6 Å². The smallest absolute Gasteiger partial charge is 0.294 e. The zero-order chi connectivity index (χ0) is 14.6. The third-order valence-electron chi connectivity index (χ3n) is 2.21. The Bertz CT molecular complexity index is 505. The van der Waals surface area contributed by atoms with Crippen molar-refractivity contribution in [2.45, 2.75) is 6.92 Å². The first kappa shape index (κ1) is 15.2. The van der Waals surface area contributed by atoms with Crippen molar-refractivity contribution < 1.29 is 9.72 Å². The molecule has 0 aromatic heterocycles. The van der Waals surface area contributed by atoms with E-state index in [1.165, 1.54) is 17.1 Å². The number of hydrogen-bond acceptors (Lipinski definition) is 5. The van der Waals surface area contributed by atoms with Gasteiger partial charge < -0.3 is 5.32 Å². The molecule has 1 rings (SSSR count). The van der Waals surface area contributed by atoms with Gasteiger partial charge in [0.25, 0.3) is 11.6 Å². The maximum atomic E-state index is 11.8. The monoisotopic (exact) mass is 286 g/mol. The van der Waals surface area contributed by atoms with E-state index in [0.29, 0.717) is 6.54 Å². The van der Waals surface area contributed by atoms with Crippen LogP contribution in [0.5, 0.6) is 0 Å². The maximum absolute atomic E-state index is 11.8. The van der Waals surface area contributed by atoms with E-state index in [0.717, 1.165) is 0 Å². The molecule has 1 amide bonds. The number of anilines is 1. The Balaban J connectivity index is 3.24. The zero-order valence-corrected chi connectivity index (χ0v) is 11.6. The van der Waals surface area contributed by atoms with E-state index < -0.39 is 10.8 Å². The van der Waals surface area contributed by atoms with Gasteiger partial charge in [-0.3, -0.25) is 20.3 Å². The van der Waals surface area contributed by atoms with Crippen molar-refractivity contribution in [3.8, 4) is 0 Å². The van der Waals surface area contributed by atoms with Gasteiger partial charge in [0.15, 0.2) is 0 Å². The van der Waals surface area contributed by atoms with Crippen molar-refractivity contribution in [2.75, 3.05) is 26.0 Å². The van der Waals surface area contributed by atoms with Crippen molar-refractivity contribution in [3.63, 3.8) is 0 Å². The Morgan fingerprint density at radius 3 is 2.58 bits per heavy atom. The van der Waals surface area contributed by atoms with E-state index in [1.807, 2.05) is 0 Å². The minimum absolute atomic E-state index is 0.132. The van der Waals surface area contributed by atoms with Crippen LogP contribution in [0.25, 0.3) is 0 Å². The van der Waals surface area contributed by atoms with Crippen LogP contribution >= 0.6 is 11.6 Å². The summed E-state index contributed by atoms with van der Waals surface area (Å²) in [6.45, 7) is 2.29. The summed E-state index contributed by atoms with van der Waals surface area (Å²) in [5.74, 6) is -0.460. The average Bonchev–Trinajstić information content (AvgIpc) is 2.30. The minimum atomic E-state index is -0.573. The van der Waals surface area contributed by atoms with Crippen LogP contribution in [-0.2, 0) is 0 Å². The summed E-state index contributed by atoms with van der Waals surface area (Å²) in [4.78, 5) is 22.2. The molecule has 19 heavy (non-hydrogen) atoms. The molecule has 0 saturated heterocycles. The number of nitro groups is 1. The lowest BCUT2D eigenvalue weighted by atomic mass is 10.1. The molecule has 8 heteroatoms. The largest absolute Gasteiger partial charge is 0.379 e. The molecule has 0 fully saturated rings. The summed E-state index contributed by atoms with van der Waals surface area (Å²) in [6.07, 6.45) is 0. The van der Waals surface area contributed by atoms with Gasteiger partial charge in [0.05, 0.1) is 9.95 Å². The van der Waals surface area contributed by atoms with Crippen molar-refractivity contribution in [3.05, 3.63) is 32.8 Å². The molecule has 0 unspecified atom stereocenters. The third kappa shape index (κ3) is 3.80. The fourth-order valence-electron chi connectivity index (χ4n) is 1.49. The zero-order valence-electron chi connectivity index (χ0n) is 10.9. The van der Waals surface area contributed by atoms with Crippen LogP contribution in [0, 0.1) is 10.1 Å². The van der Waals surface area contributed by atoms with Gasteiger partial charge in [-0.05, 0) is 13.0 Å². The van der Waals surface area contributed by atoms with Crippen molar-refractivity contribution >= 4 is 28.9 Å². The Hall–Kier alpha value is -1.86. The molecule has 0 bridgehead atoms. The van der Waals surface area contributed by atoms with Gasteiger partial charge in [-0.15, -0.1) is 0 Å². The number of nitrogens with one attached hydrogen (secondary N) is 2. The molecule has 2 N–H and O–H groups in total. The molecule has 0 saturated carbocycles. The number of carbonyl (C=O) groups is 1. The number of halogens is 1. The summed E-state index contributed by atoms with van der Waals surface area (Å²) < 4.78 is 0. The van der Waals surface area contributed by atoms with E-state index in [2.05, 4.69) is 10.7 Å². The molecule has 0 aliphatic carbocycles. The van der Waals surface area contributed by atoms with Crippen LogP contribution in [0.15, 0.2) is 12.1 Å². The van der Waals surface area contributed by atoms with Crippen LogP contribution in [-0.4, -0.2) is 36.5 Å². The number of nitro benzene ring substituents is 1. The molecule has 0 aliphatic rings. The predicted molar refractivity (Wildman–Crippen MR) is 73.4 cm³/mol. The fourth-order valence-corrected chi connectivity index (χ4v) is 1.77. The second-order valence-corrected chi connectivity index (χ2v) is 4.38. The number of amides is 1. The molecular formula is C11H15ClN4O3.